The van der Waals surface area contributed by atoms with Crippen LogP contribution in [0.4, 0.5) is 10.5 Å². The second-order valence-corrected chi connectivity index (χ2v) is 8.93. The van der Waals surface area contributed by atoms with Crippen LogP contribution in [0.5, 0.6) is 0 Å². The number of nitrogens with one attached hydrogen (secondary N) is 3. The standard InChI is InChI=1S/C25H20Cl2N8O3/c26-16-9-10-20(35-14-28-33-34-35)15(13-16)8-11-21(36)29-19-7-3-4-12-38-25(37)30-18-6-2-1-5-17(18)22-23(27)32-24(19)31-22/h1-6,8-11,13-14,19H,7,12H2,(H,29,36)(H,30,37)(H,31,32)/b4-3?,11-8+/t19-/m0/s1. The molecular weight excluding hydrogens is 531 g/mol. The molecule has 0 fully saturated rings. The van der Waals surface area contributed by atoms with Crippen LogP contribution in [0.15, 0.2) is 67.0 Å². The Hall–Kier alpha value is -4.48. The van der Waals surface area contributed by atoms with Gasteiger partial charge in [-0.3, -0.25) is 10.1 Å². The van der Waals surface area contributed by atoms with Crippen LogP contribution in [-0.4, -0.2) is 48.8 Å². The van der Waals surface area contributed by atoms with Crippen molar-refractivity contribution < 1.29 is 14.3 Å². The number of amides is 2. The van der Waals surface area contributed by atoms with Crippen molar-refractivity contribution in [1.82, 2.24) is 35.5 Å². The number of aromatic nitrogens is 6. The number of para-hydroxylation sites is 1. The third-order valence-electron chi connectivity index (χ3n) is 5.59. The zero-order valence-electron chi connectivity index (χ0n) is 19.6. The van der Waals surface area contributed by atoms with Crippen LogP contribution in [0.3, 0.4) is 0 Å². The maximum atomic E-state index is 13.0. The normalized spacial score (nSPS) is 15.5. The number of benzene rings is 2. The van der Waals surface area contributed by atoms with Gasteiger partial charge in [-0.1, -0.05) is 53.6 Å². The lowest BCUT2D eigenvalue weighted by Crippen LogP contribution is -2.27. The molecule has 13 heteroatoms. The fourth-order valence-corrected chi connectivity index (χ4v) is 4.27. The summed E-state index contributed by atoms with van der Waals surface area (Å²) in [5.74, 6) is 0.0766. The molecule has 2 bridgehead atoms. The van der Waals surface area contributed by atoms with Crippen molar-refractivity contribution in [2.75, 3.05) is 11.9 Å². The molecule has 0 unspecified atom stereocenters. The van der Waals surface area contributed by atoms with Crippen LogP contribution >= 0.6 is 23.2 Å². The molecule has 0 saturated heterocycles. The van der Waals surface area contributed by atoms with Gasteiger partial charge < -0.3 is 15.0 Å². The molecular formula is C25H20Cl2N8O3. The molecule has 38 heavy (non-hydrogen) atoms. The first kappa shape index (κ1) is 25.2. The number of imidazole rings is 1. The third-order valence-corrected chi connectivity index (χ3v) is 6.10. The molecule has 0 spiro atoms. The minimum absolute atomic E-state index is 0.0621. The van der Waals surface area contributed by atoms with E-state index in [9.17, 15) is 9.59 Å². The highest BCUT2D eigenvalue weighted by Crippen LogP contribution is 2.33. The lowest BCUT2D eigenvalue weighted by Gasteiger charge is -2.14. The molecule has 192 valence electrons. The smallest absolute Gasteiger partial charge is 0.411 e. The van der Waals surface area contributed by atoms with Crippen molar-refractivity contribution in [3.63, 3.8) is 0 Å². The molecule has 5 rings (SSSR count). The van der Waals surface area contributed by atoms with Gasteiger partial charge in [0.05, 0.1) is 17.4 Å². The van der Waals surface area contributed by atoms with E-state index in [0.717, 1.165) is 0 Å². The number of hydrogen-bond donors (Lipinski definition) is 3. The molecule has 0 aliphatic carbocycles. The Balaban J connectivity index is 1.42. The average molecular weight is 551 g/mol. The Labute approximate surface area is 226 Å². The van der Waals surface area contributed by atoms with Crippen LogP contribution in [0.2, 0.25) is 10.2 Å². The van der Waals surface area contributed by atoms with Gasteiger partial charge >= 0.3 is 6.09 Å². The zero-order chi connectivity index (χ0) is 26.5. The first-order valence-corrected chi connectivity index (χ1v) is 12.2. The van der Waals surface area contributed by atoms with Crippen molar-refractivity contribution in [2.45, 2.75) is 12.5 Å². The molecule has 2 aromatic heterocycles. The summed E-state index contributed by atoms with van der Waals surface area (Å²) < 4.78 is 6.68. The molecule has 11 nitrogen and oxygen atoms in total. The summed E-state index contributed by atoms with van der Waals surface area (Å²) in [6.45, 7) is 0.0621. The molecule has 3 heterocycles. The van der Waals surface area contributed by atoms with Crippen LogP contribution in [0.25, 0.3) is 23.0 Å². The summed E-state index contributed by atoms with van der Waals surface area (Å²) in [6.07, 6.45) is 7.69. The summed E-state index contributed by atoms with van der Waals surface area (Å²) in [6, 6.07) is 11.7. The predicted molar refractivity (Wildman–Crippen MR) is 142 cm³/mol. The lowest BCUT2D eigenvalue weighted by molar-refractivity contribution is -0.117. The second kappa shape index (κ2) is 11.3. The number of fused-ring (bicyclic) bond motifs is 4. The minimum Gasteiger partial charge on any atom is -0.445 e. The number of aromatic amines is 1. The Morgan fingerprint density at radius 2 is 2.05 bits per heavy atom. The van der Waals surface area contributed by atoms with Gasteiger partial charge in [0.2, 0.25) is 5.91 Å². The number of ether oxygens (including phenoxy) is 1. The van der Waals surface area contributed by atoms with Gasteiger partial charge in [-0.25, -0.2) is 9.78 Å². The van der Waals surface area contributed by atoms with E-state index >= 15 is 0 Å². The van der Waals surface area contributed by atoms with Crippen molar-refractivity contribution in [3.8, 4) is 16.9 Å². The lowest BCUT2D eigenvalue weighted by atomic mass is 10.1. The summed E-state index contributed by atoms with van der Waals surface area (Å²) in [5, 5.41) is 17.6. The van der Waals surface area contributed by atoms with Gasteiger partial charge in [-0.2, -0.15) is 4.68 Å². The van der Waals surface area contributed by atoms with E-state index in [1.54, 1.807) is 60.7 Å². The molecule has 4 aromatic rings. The summed E-state index contributed by atoms with van der Waals surface area (Å²) >= 11 is 12.7. The van der Waals surface area contributed by atoms with Crippen molar-refractivity contribution in [1.29, 1.82) is 0 Å². The van der Waals surface area contributed by atoms with Crippen LogP contribution in [0.1, 0.15) is 23.9 Å². The maximum Gasteiger partial charge on any atom is 0.411 e. The third kappa shape index (κ3) is 5.74. The largest absolute Gasteiger partial charge is 0.445 e. The molecule has 2 amide bonds. The molecule has 0 radical (unpaired) electrons. The average Bonchev–Trinajstić information content (AvgIpc) is 3.57. The summed E-state index contributed by atoms with van der Waals surface area (Å²) in [4.78, 5) is 32.9. The van der Waals surface area contributed by atoms with Gasteiger partial charge in [0.25, 0.3) is 0 Å². The first-order chi connectivity index (χ1) is 18.5. The number of tetrazole rings is 1. The molecule has 1 aliphatic heterocycles. The Morgan fingerprint density at radius 3 is 2.89 bits per heavy atom. The monoisotopic (exact) mass is 550 g/mol. The number of rotatable bonds is 4. The Kier molecular flexibility index (Phi) is 7.47. The van der Waals surface area contributed by atoms with Gasteiger partial charge in [0.1, 0.15) is 29.6 Å². The first-order valence-electron chi connectivity index (χ1n) is 11.4. The van der Waals surface area contributed by atoms with Crippen LogP contribution in [0, 0.1) is 0 Å². The zero-order valence-corrected chi connectivity index (χ0v) is 21.1. The van der Waals surface area contributed by atoms with E-state index in [2.05, 4.69) is 36.1 Å². The van der Waals surface area contributed by atoms with E-state index in [-0.39, 0.29) is 17.7 Å². The number of H-pyrrole nitrogens is 1. The van der Waals surface area contributed by atoms with Gasteiger partial charge in [-0.05, 0) is 47.2 Å². The van der Waals surface area contributed by atoms with E-state index in [1.807, 2.05) is 0 Å². The number of carbonyl (C=O) groups excluding carboxylic acids is 2. The predicted octanol–water partition coefficient (Wildman–Crippen LogP) is 4.74. The van der Waals surface area contributed by atoms with Crippen molar-refractivity contribution in [2.24, 2.45) is 0 Å². The van der Waals surface area contributed by atoms with E-state index in [4.69, 9.17) is 27.9 Å². The SMILES string of the molecule is O=C(/C=C/c1cc(Cl)ccc1-n1cnnn1)N[C@H]1CC=CCOC(=O)Nc2ccccc2-c2nc1[nH]c2Cl. The van der Waals surface area contributed by atoms with Gasteiger partial charge in [-0.15, -0.1) is 5.10 Å². The molecule has 1 atom stereocenters. The number of anilines is 1. The number of cyclic esters (lactones) is 1. The molecule has 3 N–H and O–H groups in total. The number of nitrogens with zero attached hydrogens (tertiary/aromatic N) is 5. The molecule has 2 aromatic carbocycles. The van der Waals surface area contributed by atoms with E-state index < -0.39 is 12.1 Å². The number of halogens is 2. The maximum absolute atomic E-state index is 13.0. The van der Waals surface area contributed by atoms with E-state index in [0.29, 0.717) is 45.5 Å². The van der Waals surface area contributed by atoms with Gasteiger partial charge in [0, 0.05) is 22.2 Å². The topological polar surface area (TPSA) is 140 Å². The minimum atomic E-state index is -0.606. The summed E-state index contributed by atoms with van der Waals surface area (Å²) in [7, 11) is 0. The fraction of sp³-hybridized carbons (Fsp3) is 0.120. The Morgan fingerprint density at radius 1 is 1.18 bits per heavy atom. The van der Waals surface area contributed by atoms with Crippen molar-refractivity contribution in [3.05, 3.63) is 88.6 Å². The van der Waals surface area contributed by atoms with Crippen LogP contribution < -0.4 is 10.6 Å². The molecule has 1 aliphatic rings. The summed E-state index contributed by atoms with van der Waals surface area (Å²) in [5.41, 5.74) is 2.82. The Bertz CT molecular complexity index is 1530. The van der Waals surface area contributed by atoms with E-state index in [1.165, 1.54) is 17.1 Å². The van der Waals surface area contributed by atoms with Crippen molar-refractivity contribution >= 4 is 47.0 Å². The molecule has 0 saturated carbocycles. The highest BCUT2D eigenvalue weighted by molar-refractivity contribution is 6.32. The van der Waals surface area contributed by atoms with Gasteiger partial charge in [0.15, 0.2) is 0 Å². The highest BCUT2D eigenvalue weighted by Gasteiger charge is 2.22. The van der Waals surface area contributed by atoms with Crippen LogP contribution in [-0.2, 0) is 9.53 Å². The highest BCUT2D eigenvalue weighted by atomic mass is 35.5. The fourth-order valence-electron chi connectivity index (χ4n) is 3.84. The quantitative estimate of drug-likeness (QED) is 0.246. The number of carbonyl (C=O) groups is 2. The second-order valence-electron chi connectivity index (χ2n) is 8.11. The number of hydrogen-bond acceptors (Lipinski definition) is 7.